The third-order valence-electron chi connectivity index (χ3n) is 0.892. The molecule has 0 rings (SSSR count). The van der Waals surface area contributed by atoms with Gasteiger partial charge in [-0.3, -0.25) is 4.18 Å². The van der Waals surface area contributed by atoms with E-state index in [4.69, 9.17) is 6.42 Å². The van der Waals surface area contributed by atoms with Crippen molar-refractivity contribution in [1.82, 2.24) is 0 Å². The minimum Gasteiger partial charge on any atom is -0.726 e. The molecule has 0 saturated carbocycles. The van der Waals surface area contributed by atoms with Crippen molar-refractivity contribution >= 4 is 16.4 Å². The van der Waals surface area contributed by atoms with Crippen LogP contribution in [0.25, 0.3) is 0 Å². The Kier molecular flexibility index (Phi) is 7.84. The summed E-state index contributed by atoms with van der Waals surface area (Å²) in [6.45, 7) is 0.764. The number of terminal acetylenes is 1. The van der Waals surface area contributed by atoms with Crippen molar-refractivity contribution in [2.75, 3.05) is 6.61 Å². The molecule has 0 aliphatic carbocycles. The molecule has 0 heterocycles. The Balaban J connectivity index is 0. The van der Waals surface area contributed by atoms with Gasteiger partial charge in [0, 0.05) is 0 Å². The average Bonchev–Trinajstić information content (AvgIpc) is 1.96. The standard InChI is InChI=1S/C6H8O6S.Li/c1-3-4-11-6(7)5(2)12-13(8,9)10;/h1,5H,4H2,2H3,(H,8,9,10);/q;+1/p-1. The monoisotopic (exact) mass is 214 g/mol. The fraction of sp³-hybridized carbons (Fsp3) is 0.500. The van der Waals surface area contributed by atoms with Crippen molar-refractivity contribution < 1.29 is 45.5 Å². The molecule has 0 radical (unpaired) electrons. The van der Waals surface area contributed by atoms with Gasteiger partial charge in [0.2, 0.25) is 10.4 Å². The van der Waals surface area contributed by atoms with Crippen molar-refractivity contribution in [3.05, 3.63) is 0 Å². The van der Waals surface area contributed by atoms with Gasteiger partial charge in [-0.25, -0.2) is 13.2 Å². The summed E-state index contributed by atoms with van der Waals surface area (Å²) in [6, 6.07) is 0. The second-order valence-corrected chi connectivity index (χ2v) is 2.97. The Morgan fingerprint density at radius 2 is 2.14 bits per heavy atom. The summed E-state index contributed by atoms with van der Waals surface area (Å²) in [5.74, 6) is 0.988. The molecule has 0 bridgehead atoms. The number of hydrogen-bond donors (Lipinski definition) is 0. The molecule has 74 valence electrons. The summed E-state index contributed by atoms with van der Waals surface area (Å²) in [5, 5.41) is 0. The van der Waals surface area contributed by atoms with Crippen LogP contribution in [0.4, 0.5) is 0 Å². The first kappa shape index (κ1) is 15.9. The molecule has 0 spiro atoms. The van der Waals surface area contributed by atoms with Gasteiger partial charge < -0.3 is 9.29 Å². The Hall–Kier alpha value is -0.503. The molecule has 0 saturated heterocycles. The van der Waals surface area contributed by atoms with E-state index in [1.54, 1.807) is 0 Å². The predicted molar refractivity (Wildman–Crippen MR) is 40.0 cm³/mol. The predicted octanol–water partition coefficient (Wildman–Crippen LogP) is -3.97. The third-order valence-corrected chi connectivity index (χ3v) is 1.42. The van der Waals surface area contributed by atoms with Crippen molar-refractivity contribution in [2.24, 2.45) is 0 Å². The average molecular weight is 214 g/mol. The maximum atomic E-state index is 10.7. The van der Waals surface area contributed by atoms with E-state index >= 15 is 0 Å². The van der Waals surface area contributed by atoms with Crippen LogP contribution >= 0.6 is 0 Å². The fourth-order valence-corrected chi connectivity index (χ4v) is 0.878. The van der Waals surface area contributed by atoms with Gasteiger partial charge in [-0.05, 0) is 6.92 Å². The summed E-state index contributed by atoms with van der Waals surface area (Å²) < 4.78 is 38.0. The number of esters is 1. The zero-order valence-corrected chi connectivity index (χ0v) is 8.54. The van der Waals surface area contributed by atoms with E-state index in [1.165, 1.54) is 0 Å². The molecule has 1 atom stereocenters. The summed E-state index contributed by atoms with van der Waals surface area (Å²) >= 11 is 0. The van der Waals surface area contributed by atoms with Crippen molar-refractivity contribution in [3.63, 3.8) is 0 Å². The van der Waals surface area contributed by atoms with E-state index in [0.717, 1.165) is 6.92 Å². The molecule has 0 amide bonds. The van der Waals surface area contributed by atoms with Gasteiger partial charge >= 0.3 is 24.8 Å². The van der Waals surface area contributed by atoms with Gasteiger partial charge in [-0.1, -0.05) is 5.92 Å². The molecular weight excluding hydrogens is 207 g/mol. The number of carbonyl (C=O) groups is 1. The first-order chi connectivity index (χ1) is 5.87. The zero-order chi connectivity index (χ0) is 10.5. The molecule has 0 aromatic carbocycles. The second-order valence-electron chi connectivity index (χ2n) is 1.96. The first-order valence-corrected chi connectivity index (χ1v) is 4.44. The van der Waals surface area contributed by atoms with Gasteiger partial charge in [0.25, 0.3) is 0 Å². The van der Waals surface area contributed by atoms with Gasteiger partial charge in [0.1, 0.15) is 0 Å². The number of carbonyl (C=O) groups excluding carboxylic acids is 1. The van der Waals surface area contributed by atoms with Crippen molar-refractivity contribution in [2.45, 2.75) is 13.0 Å². The molecule has 8 heteroatoms. The Labute approximate surface area is 94.1 Å². The molecule has 6 nitrogen and oxygen atoms in total. The van der Waals surface area contributed by atoms with Gasteiger partial charge in [-0.15, -0.1) is 6.42 Å². The molecule has 0 aromatic rings. The van der Waals surface area contributed by atoms with E-state index in [1.807, 2.05) is 5.92 Å². The molecule has 0 aliphatic rings. The number of hydrogen-bond acceptors (Lipinski definition) is 6. The van der Waals surface area contributed by atoms with Crippen molar-refractivity contribution in [1.29, 1.82) is 0 Å². The molecule has 0 aromatic heterocycles. The van der Waals surface area contributed by atoms with Gasteiger partial charge in [0.15, 0.2) is 12.7 Å². The SMILES string of the molecule is C#CCOC(=O)C(C)OS(=O)(=O)[O-].[Li+]. The fourth-order valence-electron chi connectivity index (χ4n) is 0.446. The Morgan fingerprint density at radius 1 is 1.64 bits per heavy atom. The van der Waals surface area contributed by atoms with E-state index in [2.05, 4.69) is 8.92 Å². The van der Waals surface area contributed by atoms with Gasteiger partial charge in [0.05, 0.1) is 0 Å². The number of rotatable bonds is 4. The van der Waals surface area contributed by atoms with Crippen LogP contribution in [-0.2, 0) is 24.1 Å². The zero-order valence-electron chi connectivity index (χ0n) is 7.72. The number of ether oxygens (including phenoxy) is 1. The van der Waals surface area contributed by atoms with Gasteiger partial charge in [-0.2, -0.15) is 0 Å². The van der Waals surface area contributed by atoms with Crippen LogP contribution in [0.3, 0.4) is 0 Å². The van der Waals surface area contributed by atoms with Crippen LogP contribution in [0.1, 0.15) is 6.92 Å². The van der Waals surface area contributed by atoms with E-state index in [9.17, 15) is 17.8 Å². The normalized spacial score (nSPS) is 12.1. The Bertz CT molecular complexity index is 316. The molecule has 14 heavy (non-hydrogen) atoms. The van der Waals surface area contributed by atoms with E-state index in [-0.39, 0.29) is 25.5 Å². The quantitative estimate of drug-likeness (QED) is 0.156. The summed E-state index contributed by atoms with van der Waals surface area (Å²) in [4.78, 5) is 10.7. The molecular formula is C6H7LiO6S. The Morgan fingerprint density at radius 3 is 2.50 bits per heavy atom. The topological polar surface area (TPSA) is 92.7 Å². The maximum Gasteiger partial charge on any atom is 1.00 e. The third kappa shape index (κ3) is 8.11. The minimum atomic E-state index is -4.90. The maximum absolute atomic E-state index is 10.7. The molecule has 0 aliphatic heterocycles. The van der Waals surface area contributed by atoms with Crippen LogP contribution in [0.2, 0.25) is 0 Å². The van der Waals surface area contributed by atoms with Crippen LogP contribution in [0.5, 0.6) is 0 Å². The molecule has 1 unspecified atom stereocenters. The van der Waals surface area contributed by atoms with Crippen LogP contribution < -0.4 is 18.9 Å². The van der Waals surface area contributed by atoms with E-state index in [0.29, 0.717) is 0 Å². The first-order valence-electron chi connectivity index (χ1n) is 3.11. The van der Waals surface area contributed by atoms with Crippen LogP contribution in [0.15, 0.2) is 0 Å². The molecule has 0 N–H and O–H groups in total. The van der Waals surface area contributed by atoms with Crippen LogP contribution in [-0.4, -0.2) is 31.7 Å². The smallest absolute Gasteiger partial charge is 0.726 e. The minimum absolute atomic E-state index is 0. The summed E-state index contributed by atoms with van der Waals surface area (Å²) in [5.41, 5.74) is 0. The molecule has 0 fully saturated rings. The summed E-state index contributed by atoms with van der Waals surface area (Å²) in [7, 11) is -4.90. The second kappa shape index (κ2) is 6.88. The van der Waals surface area contributed by atoms with Crippen LogP contribution in [0, 0.1) is 12.3 Å². The largest absolute Gasteiger partial charge is 1.00 e. The van der Waals surface area contributed by atoms with Crippen molar-refractivity contribution in [3.8, 4) is 12.3 Å². The summed E-state index contributed by atoms with van der Waals surface area (Å²) in [6.07, 6.45) is 3.28. The van der Waals surface area contributed by atoms with E-state index < -0.39 is 22.5 Å².